The molecule has 0 radical (unpaired) electrons. The number of aromatic nitrogens is 1. The Morgan fingerprint density at radius 2 is 2.00 bits per heavy atom. The van der Waals surface area contributed by atoms with Crippen molar-refractivity contribution in [2.24, 2.45) is 0 Å². The normalized spacial score (nSPS) is 10.7. The van der Waals surface area contributed by atoms with Gasteiger partial charge in [0.1, 0.15) is 0 Å². The molecule has 0 saturated carbocycles. The van der Waals surface area contributed by atoms with E-state index in [1.807, 2.05) is 43.3 Å². The van der Waals surface area contributed by atoms with Crippen molar-refractivity contribution in [2.75, 3.05) is 18.9 Å². The number of halogens is 2. The highest BCUT2D eigenvalue weighted by molar-refractivity contribution is 9.10. The molecule has 2 aromatic carbocycles. The van der Waals surface area contributed by atoms with Gasteiger partial charge in [0.05, 0.1) is 17.8 Å². The van der Waals surface area contributed by atoms with Gasteiger partial charge in [-0.1, -0.05) is 39.7 Å². The van der Waals surface area contributed by atoms with Crippen LogP contribution in [0.5, 0.6) is 0 Å². The molecule has 30 heavy (non-hydrogen) atoms. The lowest BCUT2D eigenvalue weighted by molar-refractivity contribution is -0.133. The first-order valence-electron chi connectivity index (χ1n) is 9.33. The van der Waals surface area contributed by atoms with Crippen molar-refractivity contribution < 1.29 is 14.0 Å². The van der Waals surface area contributed by atoms with Gasteiger partial charge in [0.2, 0.25) is 11.8 Å². The molecule has 1 heterocycles. The quantitative estimate of drug-likeness (QED) is 0.500. The van der Waals surface area contributed by atoms with Crippen molar-refractivity contribution in [1.82, 2.24) is 9.88 Å². The summed E-state index contributed by atoms with van der Waals surface area (Å²) in [6.45, 7) is 1.87. The van der Waals surface area contributed by atoms with E-state index < -0.39 is 0 Å². The van der Waals surface area contributed by atoms with Gasteiger partial charge in [0.15, 0.2) is 11.7 Å². The van der Waals surface area contributed by atoms with E-state index >= 15 is 0 Å². The predicted octanol–water partition coefficient (Wildman–Crippen LogP) is 5.10. The predicted molar refractivity (Wildman–Crippen MR) is 120 cm³/mol. The number of amides is 2. The second kappa shape index (κ2) is 9.91. The summed E-state index contributed by atoms with van der Waals surface area (Å²) >= 11 is 9.56. The van der Waals surface area contributed by atoms with Gasteiger partial charge < -0.3 is 14.6 Å². The van der Waals surface area contributed by atoms with Gasteiger partial charge in [-0.15, -0.1) is 0 Å². The lowest BCUT2D eigenvalue weighted by atomic mass is 10.2. The Hall–Kier alpha value is -2.64. The van der Waals surface area contributed by atoms with Crippen molar-refractivity contribution in [3.05, 3.63) is 69.6 Å². The molecule has 156 valence electrons. The number of nitrogens with zero attached hydrogens (tertiary/aromatic N) is 2. The summed E-state index contributed by atoms with van der Waals surface area (Å²) in [5.74, 6) is 0.575. The average molecular weight is 491 g/mol. The molecule has 0 unspecified atom stereocenters. The molecule has 1 N–H and O–H groups in total. The highest BCUT2D eigenvalue weighted by Gasteiger charge is 2.16. The summed E-state index contributed by atoms with van der Waals surface area (Å²) in [7, 11) is 1.60. The molecule has 0 aliphatic rings. The maximum atomic E-state index is 12.4. The van der Waals surface area contributed by atoms with Crippen LogP contribution in [0.2, 0.25) is 5.02 Å². The molecular weight excluding hydrogens is 470 g/mol. The Bertz CT molecular complexity index is 1070. The van der Waals surface area contributed by atoms with Crippen molar-refractivity contribution in [2.45, 2.75) is 19.8 Å². The maximum Gasteiger partial charge on any atom is 0.243 e. The van der Waals surface area contributed by atoms with Crippen molar-refractivity contribution in [3.63, 3.8) is 0 Å². The molecule has 0 aliphatic carbocycles. The molecule has 3 rings (SSSR count). The van der Waals surface area contributed by atoms with E-state index in [0.717, 1.165) is 21.3 Å². The molecule has 0 bridgehead atoms. The van der Waals surface area contributed by atoms with E-state index in [1.54, 1.807) is 19.3 Å². The summed E-state index contributed by atoms with van der Waals surface area (Å²) in [4.78, 5) is 30.3. The number of carbonyl (C=O) groups excluding carboxylic acids is 2. The fraction of sp³-hybridized carbons (Fsp3) is 0.227. The van der Waals surface area contributed by atoms with Gasteiger partial charge in [0, 0.05) is 35.6 Å². The average Bonchev–Trinajstić information content (AvgIpc) is 3.17. The van der Waals surface area contributed by atoms with Gasteiger partial charge in [-0.05, 0) is 42.8 Å². The van der Waals surface area contributed by atoms with E-state index in [-0.39, 0.29) is 24.8 Å². The highest BCUT2D eigenvalue weighted by atomic mass is 79.9. The zero-order valence-corrected chi connectivity index (χ0v) is 19.0. The van der Waals surface area contributed by atoms with Gasteiger partial charge in [-0.3, -0.25) is 9.59 Å². The molecule has 0 saturated heterocycles. The van der Waals surface area contributed by atoms with Crippen molar-refractivity contribution >= 4 is 45.0 Å². The zero-order chi connectivity index (χ0) is 21.7. The van der Waals surface area contributed by atoms with Crippen LogP contribution in [0, 0.1) is 6.92 Å². The third-order valence-corrected chi connectivity index (χ3v) is 5.34. The van der Waals surface area contributed by atoms with Crippen LogP contribution in [0.3, 0.4) is 0 Å². The van der Waals surface area contributed by atoms with Crippen LogP contribution in [-0.2, 0) is 16.0 Å². The number of hydrogen-bond donors (Lipinski definition) is 1. The van der Waals surface area contributed by atoms with Crippen LogP contribution in [0.25, 0.3) is 11.3 Å². The van der Waals surface area contributed by atoms with Gasteiger partial charge in [0.25, 0.3) is 0 Å². The number of oxazole rings is 1. The molecule has 0 atom stereocenters. The molecule has 3 aromatic rings. The third-order valence-electron chi connectivity index (χ3n) is 4.51. The number of nitrogens with one attached hydrogen (secondary N) is 1. The number of benzene rings is 2. The zero-order valence-electron chi connectivity index (χ0n) is 16.6. The Balaban J connectivity index is 1.51. The van der Waals surface area contributed by atoms with Crippen LogP contribution < -0.4 is 5.32 Å². The Morgan fingerprint density at radius 3 is 2.73 bits per heavy atom. The Kier molecular flexibility index (Phi) is 7.29. The highest BCUT2D eigenvalue weighted by Crippen LogP contribution is 2.28. The second-order valence-corrected chi connectivity index (χ2v) is 8.18. The second-order valence-electron chi connectivity index (χ2n) is 6.86. The van der Waals surface area contributed by atoms with E-state index in [4.69, 9.17) is 16.0 Å². The molecular formula is C22H21BrClN3O3. The van der Waals surface area contributed by atoms with Crippen LogP contribution in [0.4, 0.5) is 5.69 Å². The summed E-state index contributed by atoms with van der Waals surface area (Å²) in [5, 5.41) is 3.40. The first-order valence-corrected chi connectivity index (χ1v) is 10.5. The van der Waals surface area contributed by atoms with E-state index in [0.29, 0.717) is 23.1 Å². The minimum Gasteiger partial charge on any atom is -0.441 e. The summed E-state index contributed by atoms with van der Waals surface area (Å²) < 4.78 is 6.65. The third kappa shape index (κ3) is 5.70. The van der Waals surface area contributed by atoms with E-state index in [1.165, 1.54) is 4.90 Å². The summed E-state index contributed by atoms with van der Waals surface area (Å²) in [6, 6.07) is 12.9. The van der Waals surface area contributed by atoms with Crippen LogP contribution >= 0.6 is 27.5 Å². The molecule has 6 nitrogen and oxygen atoms in total. The topological polar surface area (TPSA) is 75.4 Å². The molecule has 8 heteroatoms. The molecule has 1 aromatic heterocycles. The minimum absolute atomic E-state index is 0.0369. The monoisotopic (exact) mass is 489 g/mol. The first kappa shape index (κ1) is 22.1. The van der Waals surface area contributed by atoms with Gasteiger partial charge >= 0.3 is 0 Å². The number of aryl methyl sites for hydroxylation is 2. The Labute approximate surface area is 188 Å². The van der Waals surface area contributed by atoms with Crippen LogP contribution in [0.15, 0.2) is 57.6 Å². The lowest BCUT2D eigenvalue weighted by Crippen LogP contribution is -2.35. The number of rotatable bonds is 7. The largest absolute Gasteiger partial charge is 0.441 e. The minimum atomic E-state index is -0.256. The SMILES string of the molecule is Cc1cc(Br)ccc1NC(=O)CN(C)C(=O)CCc1ncc(-c2ccccc2Cl)o1. The van der Waals surface area contributed by atoms with E-state index in [2.05, 4.69) is 26.2 Å². The van der Waals surface area contributed by atoms with Crippen LogP contribution in [-0.4, -0.2) is 35.3 Å². The smallest absolute Gasteiger partial charge is 0.243 e. The molecule has 0 spiro atoms. The van der Waals surface area contributed by atoms with Crippen LogP contribution in [0.1, 0.15) is 17.9 Å². The summed E-state index contributed by atoms with van der Waals surface area (Å²) in [5.41, 5.74) is 2.40. The lowest BCUT2D eigenvalue weighted by Gasteiger charge is -2.17. The van der Waals surface area contributed by atoms with Gasteiger partial charge in [-0.25, -0.2) is 4.98 Å². The fourth-order valence-electron chi connectivity index (χ4n) is 2.88. The molecule has 0 aliphatic heterocycles. The van der Waals surface area contributed by atoms with Crippen molar-refractivity contribution in [3.8, 4) is 11.3 Å². The number of carbonyl (C=O) groups is 2. The number of anilines is 1. The maximum absolute atomic E-state index is 12.4. The summed E-state index contributed by atoms with van der Waals surface area (Å²) in [6.07, 6.45) is 2.11. The molecule has 2 amide bonds. The first-order chi connectivity index (χ1) is 14.3. The molecule has 0 fully saturated rings. The standard InChI is InChI=1S/C22H21BrClN3O3/c1-14-11-15(23)7-8-18(14)26-20(28)13-27(2)22(29)10-9-21-25-12-19(30-21)16-5-3-4-6-17(16)24/h3-8,11-12H,9-10,13H2,1-2H3,(H,26,28). The number of likely N-dealkylation sites (N-methyl/N-ethyl adjacent to an activating group) is 1. The van der Waals surface area contributed by atoms with Gasteiger partial charge in [-0.2, -0.15) is 0 Å². The fourth-order valence-corrected chi connectivity index (χ4v) is 3.58. The Morgan fingerprint density at radius 1 is 1.23 bits per heavy atom. The van der Waals surface area contributed by atoms with Crippen molar-refractivity contribution in [1.29, 1.82) is 0 Å². The van der Waals surface area contributed by atoms with E-state index in [9.17, 15) is 9.59 Å². The number of hydrogen-bond acceptors (Lipinski definition) is 4.